The molecule has 1 heterocycles. The normalized spacial score (nSPS) is 16.7. The Bertz CT molecular complexity index is 412. The van der Waals surface area contributed by atoms with Gasteiger partial charge in [0, 0.05) is 13.1 Å². The SMILES string of the molecule is O=C(c1cccc(Cl)c1Cl)N1CCCCCC1. The molecule has 0 aromatic heterocycles. The van der Waals surface area contributed by atoms with Crippen LogP contribution in [0.4, 0.5) is 0 Å². The lowest BCUT2D eigenvalue weighted by molar-refractivity contribution is 0.0762. The van der Waals surface area contributed by atoms with E-state index in [2.05, 4.69) is 0 Å². The molecule has 0 atom stereocenters. The lowest BCUT2D eigenvalue weighted by atomic mass is 10.2. The van der Waals surface area contributed by atoms with Crippen LogP contribution in [0.5, 0.6) is 0 Å². The monoisotopic (exact) mass is 271 g/mol. The molecule has 2 rings (SSSR count). The van der Waals surface area contributed by atoms with E-state index in [-0.39, 0.29) is 5.91 Å². The number of hydrogen-bond donors (Lipinski definition) is 0. The van der Waals surface area contributed by atoms with Crippen LogP contribution in [-0.2, 0) is 0 Å². The van der Waals surface area contributed by atoms with E-state index in [9.17, 15) is 4.79 Å². The van der Waals surface area contributed by atoms with Gasteiger partial charge >= 0.3 is 0 Å². The van der Waals surface area contributed by atoms with E-state index in [1.54, 1.807) is 18.2 Å². The van der Waals surface area contributed by atoms with Crippen molar-refractivity contribution in [2.45, 2.75) is 25.7 Å². The molecule has 1 amide bonds. The molecule has 1 aliphatic rings. The zero-order valence-electron chi connectivity index (χ0n) is 9.59. The van der Waals surface area contributed by atoms with Gasteiger partial charge in [-0.25, -0.2) is 0 Å². The Labute approximate surface area is 112 Å². The van der Waals surface area contributed by atoms with Crippen molar-refractivity contribution in [1.82, 2.24) is 4.90 Å². The summed E-state index contributed by atoms with van der Waals surface area (Å²) in [6.45, 7) is 1.64. The third kappa shape index (κ3) is 2.93. The Morgan fingerprint density at radius 3 is 2.35 bits per heavy atom. The van der Waals surface area contributed by atoms with Crippen molar-refractivity contribution in [3.05, 3.63) is 33.8 Å². The number of nitrogens with zero attached hydrogens (tertiary/aromatic N) is 1. The Balaban J connectivity index is 2.20. The van der Waals surface area contributed by atoms with Crippen LogP contribution in [0, 0.1) is 0 Å². The van der Waals surface area contributed by atoms with Crippen LogP contribution in [0.25, 0.3) is 0 Å². The second-order valence-electron chi connectivity index (χ2n) is 4.31. The van der Waals surface area contributed by atoms with Crippen LogP contribution in [0.2, 0.25) is 10.0 Å². The summed E-state index contributed by atoms with van der Waals surface area (Å²) >= 11 is 12.0. The zero-order chi connectivity index (χ0) is 12.3. The minimum atomic E-state index is -0.000556. The molecule has 0 N–H and O–H groups in total. The summed E-state index contributed by atoms with van der Waals surface area (Å²) < 4.78 is 0. The summed E-state index contributed by atoms with van der Waals surface area (Å²) in [5.41, 5.74) is 0.515. The van der Waals surface area contributed by atoms with E-state index in [0.29, 0.717) is 15.6 Å². The number of carbonyl (C=O) groups is 1. The molecule has 92 valence electrons. The molecule has 0 unspecified atom stereocenters. The van der Waals surface area contributed by atoms with Crippen molar-refractivity contribution >= 4 is 29.1 Å². The highest BCUT2D eigenvalue weighted by Crippen LogP contribution is 2.27. The van der Waals surface area contributed by atoms with Gasteiger partial charge in [-0.1, -0.05) is 42.1 Å². The molecule has 17 heavy (non-hydrogen) atoms. The van der Waals surface area contributed by atoms with Gasteiger partial charge in [0.15, 0.2) is 0 Å². The highest BCUT2D eigenvalue weighted by atomic mass is 35.5. The Kier molecular flexibility index (Phi) is 4.30. The topological polar surface area (TPSA) is 20.3 Å². The average Bonchev–Trinajstić information content (AvgIpc) is 2.60. The molecule has 1 fully saturated rings. The number of rotatable bonds is 1. The van der Waals surface area contributed by atoms with E-state index >= 15 is 0 Å². The molecule has 2 nitrogen and oxygen atoms in total. The molecule has 4 heteroatoms. The molecular formula is C13H15Cl2NO. The summed E-state index contributed by atoms with van der Waals surface area (Å²) in [5, 5.41) is 0.802. The lowest BCUT2D eigenvalue weighted by Crippen LogP contribution is -2.32. The summed E-state index contributed by atoms with van der Waals surface area (Å²) in [4.78, 5) is 14.2. The second-order valence-corrected chi connectivity index (χ2v) is 5.09. The average molecular weight is 272 g/mol. The van der Waals surface area contributed by atoms with Crippen LogP contribution in [-0.4, -0.2) is 23.9 Å². The van der Waals surface area contributed by atoms with Crippen LogP contribution < -0.4 is 0 Å². The summed E-state index contributed by atoms with van der Waals surface area (Å²) in [7, 11) is 0. The number of amides is 1. The Morgan fingerprint density at radius 1 is 1.06 bits per heavy atom. The fourth-order valence-electron chi connectivity index (χ4n) is 2.11. The van der Waals surface area contributed by atoms with Crippen molar-refractivity contribution in [2.75, 3.05) is 13.1 Å². The van der Waals surface area contributed by atoms with E-state index in [1.165, 1.54) is 12.8 Å². The first-order valence-corrected chi connectivity index (χ1v) is 6.69. The van der Waals surface area contributed by atoms with Crippen LogP contribution in [0.3, 0.4) is 0 Å². The molecule has 1 aromatic carbocycles. The Morgan fingerprint density at radius 2 is 1.71 bits per heavy atom. The van der Waals surface area contributed by atoms with Crippen molar-refractivity contribution in [3.63, 3.8) is 0 Å². The quantitative estimate of drug-likeness (QED) is 0.756. The van der Waals surface area contributed by atoms with Gasteiger partial charge in [-0.2, -0.15) is 0 Å². The highest BCUT2D eigenvalue weighted by molar-refractivity contribution is 6.43. The third-order valence-corrected chi connectivity index (χ3v) is 3.89. The van der Waals surface area contributed by atoms with Crippen molar-refractivity contribution in [3.8, 4) is 0 Å². The lowest BCUT2D eigenvalue weighted by Gasteiger charge is -2.21. The molecule has 0 spiro atoms. The molecule has 1 aromatic rings. The van der Waals surface area contributed by atoms with E-state index in [0.717, 1.165) is 25.9 Å². The fourth-order valence-corrected chi connectivity index (χ4v) is 2.49. The summed E-state index contributed by atoms with van der Waals surface area (Å²) in [5.74, 6) is -0.000556. The maximum atomic E-state index is 12.3. The molecule has 1 saturated heterocycles. The second kappa shape index (κ2) is 5.74. The molecule has 0 radical (unpaired) electrons. The van der Waals surface area contributed by atoms with Gasteiger partial charge in [0.2, 0.25) is 0 Å². The van der Waals surface area contributed by atoms with E-state index in [4.69, 9.17) is 23.2 Å². The predicted octanol–water partition coefficient (Wildman–Crippen LogP) is 4.01. The molecular weight excluding hydrogens is 257 g/mol. The maximum Gasteiger partial charge on any atom is 0.255 e. The first-order valence-electron chi connectivity index (χ1n) is 5.93. The van der Waals surface area contributed by atoms with Gasteiger partial charge in [-0.15, -0.1) is 0 Å². The molecule has 1 aliphatic heterocycles. The summed E-state index contributed by atoms with van der Waals surface area (Å²) in [6.07, 6.45) is 4.55. The molecule has 0 bridgehead atoms. The first kappa shape index (κ1) is 12.7. The van der Waals surface area contributed by atoms with Crippen molar-refractivity contribution in [2.24, 2.45) is 0 Å². The standard InChI is InChI=1S/C13H15Cl2NO/c14-11-7-5-6-10(12(11)15)13(17)16-8-3-1-2-4-9-16/h5-7H,1-4,8-9H2. The Hall–Kier alpha value is -0.730. The van der Waals surface area contributed by atoms with Gasteiger partial charge in [0.05, 0.1) is 15.6 Å². The number of halogens is 2. The predicted molar refractivity (Wildman–Crippen MR) is 70.8 cm³/mol. The third-order valence-electron chi connectivity index (χ3n) is 3.08. The molecule has 0 aliphatic carbocycles. The molecule has 0 saturated carbocycles. The van der Waals surface area contributed by atoms with Gasteiger partial charge in [-0.05, 0) is 25.0 Å². The van der Waals surface area contributed by atoms with Crippen LogP contribution in [0.1, 0.15) is 36.0 Å². The van der Waals surface area contributed by atoms with Gasteiger partial charge in [0.1, 0.15) is 0 Å². The minimum absolute atomic E-state index is 0.000556. The summed E-state index contributed by atoms with van der Waals surface area (Å²) in [6, 6.07) is 5.20. The van der Waals surface area contributed by atoms with Crippen LogP contribution >= 0.6 is 23.2 Å². The van der Waals surface area contributed by atoms with Crippen molar-refractivity contribution < 1.29 is 4.79 Å². The van der Waals surface area contributed by atoms with Crippen molar-refractivity contribution in [1.29, 1.82) is 0 Å². The number of carbonyl (C=O) groups excluding carboxylic acids is 1. The number of hydrogen-bond acceptors (Lipinski definition) is 1. The zero-order valence-corrected chi connectivity index (χ0v) is 11.1. The smallest absolute Gasteiger partial charge is 0.255 e. The number of benzene rings is 1. The van der Waals surface area contributed by atoms with E-state index < -0.39 is 0 Å². The van der Waals surface area contributed by atoms with E-state index in [1.807, 2.05) is 4.90 Å². The minimum Gasteiger partial charge on any atom is -0.339 e. The van der Waals surface area contributed by atoms with Gasteiger partial charge in [-0.3, -0.25) is 4.79 Å². The fraction of sp³-hybridized carbons (Fsp3) is 0.462. The number of likely N-dealkylation sites (tertiary alicyclic amines) is 1. The van der Waals surface area contributed by atoms with Gasteiger partial charge in [0.25, 0.3) is 5.91 Å². The maximum absolute atomic E-state index is 12.3. The largest absolute Gasteiger partial charge is 0.339 e. The highest BCUT2D eigenvalue weighted by Gasteiger charge is 2.20. The van der Waals surface area contributed by atoms with Gasteiger partial charge < -0.3 is 4.90 Å². The van der Waals surface area contributed by atoms with Crippen LogP contribution in [0.15, 0.2) is 18.2 Å². The first-order chi connectivity index (χ1) is 8.20.